The molecule has 1 atom stereocenters. The van der Waals surface area contributed by atoms with Gasteiger partial charge in [0.2, 0.25) is 5.91 Å². The number of aromatic nitrogens is 1. The number of hydrogen-bond donors (Lipinski definition) is 2. The molecule has 1 amide bonds. The molecule has 1 aromatic heterocycles. The minimum Gasteiger partial charge on any atom is -0.466 e. The first kappa shape index (κ1) is 25.1. The maximum atomic E-state index is 12.1. The number of rotatable bonds is 7. The van der Waals surface area contributed by atoms with Crippen molar-refractivity contribution in [3.05, 3.63) is 23.9 Å². The van der Waals surface area contributed by atoms with Crippen molar-refractivity contribution in [3.63, 3.8) is 0 Å². The van der Waals surface area contributed by atoms with Gasteiger partial charge >= 0.3 is 5.97 Å². The van der Waals surface area contributed by atoms with Crippen LogP contribution in [0.5, 0.6) is 0 Å². The van der Waals surface area contributed by atoms with Crippen LogP contribution in [-0.4, -0.2) is 60.5 Å². The molecule has 2 N–H and O–H groups in total. The SMILES string of the molecule is CCNC(=NCCC(=O)Nc1ccc(C)cn1)N1CCCC(C(=O)OCC)C1.I. The summed E-state index contributed by atoms with van der Waals surface area (Å²) >= 11 is 0. The Hall–Kier alpha value is -1.91. The summed E-state index contributed by atoms with van der Waals surface area (Å²) in [7, 11) is 0. The fraction of sp³-hybridized carbons (Fsp3) is 0.600. The molecule has 0 aliphatic carbocycles. The fourth-order valence-corrected chi connectivity index (χ4v) is 3.06. The van der Waals surface area contributed by atoms with Gasteiger partial charge in [0, 0.05) is 32.3 Å². The second-order valence-corrected chi connectivity index (χ2v) is 6.79. The van der Waals surface area contributed by atoms with Crippen molar-refractivity contribution in [2.45, 2.75) is 40.0 Å². The summed E-state index contributed by atoms with van der Waals surface area (Å²) in [5.41, 5.74) is 1.04. The highest BCUT2D eigenvalue weighted by Crippen LogP contribution is 2.18. The number of pyridine rings is 1. The Morgan fingerprint density at radius 2 is 2.14 bits per heavy atom. The maximum Gasteiger partial charge on any atom is 0.310 e. The smallest absolute Gasteiger partial charge is 0.310 e. The van der Waals surface area contributed by atoms with Crippen LogP contribution in [0, 0.1) is 12.8 Å². The average Bonchev–Trinajstić information content (AvgIpc) is 2.69. The van der Waals surface area contributed by atoms with Gasteiger partial charge in [0.15, 0.2) is 5.96 Å². The third kappa shape index (κ3) is 8.55. The minimum atomic E-state index is -0.145. The van der Waals surface area contributed by atoms with Gasteiger partial charge in [0.25, 0.3) is 0 Å². The average molecular weight is 517 g/mol. The Balaban J connectivity index is 0.00000420. The molecule has 162 valence electrons. The van der Waals surface area contributed by atoms with E-state index in [-0.39, 0.29) is 48.2 Å². The number of ether oxygens (including phenoxy) is 1. The number of guanidine groups is 1. The van der Waals surface area contributed by atoms with E-state index in [2.05, 4.69) is 25.5 Å². The molecule has 0 radical (unpaired) electrons. The molecular formula is C20H32IN5O3. The van der Waals surface area contributed by atoms with Crippen LogP contribution in [0.25, 0.3) is 0 Å². The molecule has 9 heteroatoms. The van der Waals surface area contributed by atoms with Crippen molar-refractivity contribution in [2.75, 3.05) is 38.1 Å². The monoisotopic (exact) mass is 517 g/mol. The number of likely N-dealkylation sites (tertiary alicyclic amines) is 1. The molecule has 8 nitrogen and oxygen atoms in total. The van der Waals surface area contributed by atoms with Gasteiger partial charge in [-0.25, -0.2) is 4.98 Å². The van der Waals surface area contributed by atoms with Crippen LogP contribution in [0.3, 0.4) is 0 Å². The van der Waals surface area contributed by atoms with Gasteiger partial charge in [-0.15, -0.1) is 24.0 Å². The molecule has 2 heterocycles. The van der Waals surface area contributed by atoms with Gasteiger partial charge in [-0.2, -0.15) is 0 Å². The molecule has 1 saturated heterocycles. The topological polar surface area (TPSA) is 95.9 Å². The highest BCUT2D eigenvalue weighted by atomic mass is 127. The highest BCUT2D eigenvalue weighted by molar-refractivity contribution is 14.0. The predicted molar refractivity (Wildman–Crippen MR) is 125 cm³/mol. The van der Waals surface area contributed by atoms with Gasteiger partial charge in [-0.3, -0.25) is 14.6 Å². The lowest BCUT2D eigenvalue weighted by Gasteiger charge is -2.34. The summed E-state index contributed by atoms with van der Waals surface area (Å²) in [5.74, 6) is 0.873. The molecule has 1 fully saturated rings. The lowest BCUT2D eigenvalue weighted by molar-refractivity contribution is -0.149. The van der Waals surface area contributed by atoms with Crippen molar-refractivity contribution in [2.24, 2.45) is 10.9 Å². The second-order valence-electron chi connectivity index (χ2n) is 6.79. The number of esters is 1. The van der Waals surface area contributed by atoms with E-state index in [1.807, 2.05) is 26.8 Å². The van der Waals surface area contributed by atoms with Crippen molar-refractivity contribution >= 4 is 47.6 Å². The Labute approximate surface area is 189 Å². The van der Waals surface area contributed by atoms with Crippen molar-refractivity contribution < 1.29 is 14.3 Å². The van der Waals surface area contributed by atoms with Gasteiger partial charge < -0.3 is 20.3 Å². The normalized spacial score (nSPS) is 16.6. The highest BCUT2D eigenvalue weighted by Gasteiger charge is 2.28. The molecule has 1 aromatic rings. The van der Waals surface area contributed by atoms with Gasteiger partial charge in [-0.05, 0) is 45.2 Å². The Morgan fingerprint density at radius 3 is 2.79 bits per heavy atom. The molecular weight excluding hydrogens is 485 g/mol. The molecule has 1 aliphatic heterocycles. The number of carbonyl (C=O) groups excluding carboxylic acids is 2. The van der Waals surface area contributed by atoms with E-state index in [1.165, 1.54) is 0 Å². The van der Waals surface area contributed by atoms with Crippen molar-refractivity contribution in [1.29, 1.82) is 0 Å². The summed E-state index contributed by atoms with van der Waals surface area (Å²) in [5, 5.41) is 6.03. The molecule has 0 bridgehead atoms. The molecule has 2 rings (SSSR count). The first-order chi connectivity index (χ1) is 13.5. The zero-order chi connectivity index (χ0) is 20.4. The maximum absolute atomic E-state index is 12.1. The van der Waals surface area contributed by atoms with Crippen LogP contribution in [0.1, 0.15) is 38.7 Å². The summed E-state index contributed by atoms with van der Waals surface area (Å²) in [6.07, 6.45) is 3.72. The van der Waals surface area contributed by atoms with Gasteiger partial charge in [0.1, 0.15) is 5.82 Å². The summed E-state index contributed by atoms with van der Waals surface area (Å²) in [4.78, 5) is 35.0. The third-order valence-corrected chi connectivity index (χ3v) is 4.46. The number of hydrogen-bond acceptors (Lipinski definition) is 5. The summed E-state index contributed by atoms with van der Waals surface area (Å²) in [6, 6.07) is 3.68. The van der Waals surface area contributed by atoms with E-state index in [0.717, 1.165) is 37.5 Å². The van der Waals surface area contributed by atoms with E-state index < -0.39 is 0 Å². The first-order valence-corrected chi connectivity index (χ1v) is 9.95. The lowest BCUT2D eigenvalue weighted by Crippen LogP contribution is -2.48. The molecule has 0 saturated carbocycles. The van der Waals surface area contributed by atoms with Crippen LogP contribution in [0.4, 0.5) is 5.82 Å². The Kier molecular flexibility index (Phi) is 11.6. The van der Waals surface area contributed by atoms with Crippen molar-refractivity contribution in [1.82, 2.24) is 15.2 Å². The molecule has 0 spiro atoms. The third-order valence-electron chi connectivity index (χ3n) is 4.46. The Morgan fingerprint density at radius 1 is 1.34 bits per heavy atom. The number of halogens is 1. The van der Waals surface area contributed by atoms with Gasteiger partial charge in [-0.1, -0.05) is 6.07 Å². The van der Waals surface area contributed by atoms with E-state index in [0.29, 0.717) is 25.5 Å². The van der Waals surface area contributed by atoms with Crippen LogP contribution in [0.2, 0.25) is 0 Å². The second kappa shape index (κ2) is 13.3. The number of amides is 1. The number of carbonyl (C=O) groups is 2. The summed E-state index contributed by atoms with van der Waals surface area (Å²) < 4.78 is 5.16. The molecule has 29 heavy (non-hydrogen) atoms. The number of aryl methyl sites for hydroxylation is 1. The molecule has 1 aliphatic rings. The number of anilines is 1. The lowest BCUT2D eigenvalue weighted by atomic mass is 9.98. The van der Waals surface area contributed by atoms with Gasteiger partial charge in [0.05, 0.1) is 19.1 Å². The van der Waals surface area contributed by atoms with E-state index in [1.54, 1.807) is 12.3 Å². The van der Waals surface area contributed by atoms with Crippen LogP contribution < -0.4 is 10.6 Å². The minimum absolute atomic E-state index is 0. The fourth-order valence-electron chi connectivity index (χ4n) is 3.06. The van der Waals surface area contributed by atoms with Crippen LogP contribution in [0.15, 0.2) is 23.3 Å². The predicted octanol–water partition coefficient (Wildman–Crippen LogP) is 2.58. The number of aliphatic imine (C=N–C) groups is 1. The first-order valence-electron chi connectivity index (χ1n) is 9.95. The van der Waals surface area contributed by atoms with Crippen LogP contribution >= 0.6 is 24.0 Å². The quantitative estimate of drug-likeness (QED) is 0.250. The number of nitrogens with zero attached hydrogens (tertiary/aromatic N) is 3. The summed E-state index contributed by atoms with van der Waals surface area (Å²) in [6.45, 7) is 8.67. The molecule has 1 unspecified atom stereocenters. The van der Waals surface area contributed by atoms with Crippen LogP contribution in [-0.2, 0) is 14.3 Å². The largest absolute Gasteiger partial charge is 0.466 e. The number of piperidine rings is 1. The van der Waals surface area contributed by atoms with E-state index in [4.69, 9.17) is 4.74 Å². The number of nitrogens with one attached hydrogen (secondary N) is 2. The van der Waals surface area contributed by atoms with Crippen molar-refractivity contribution in [3.8, 4) is 0 Å². The zero-order valence-corrected chi connectivity index (χ0v) is 19.8. The standard InChI is InChI=1S/C20H31N5O3.HI/c1-4-21-20(25-12-6-7-16(14-25)19(27)28-5-2)22-11-10-18(26)24-17-9-8-15(3)13-23-17;/h8-9,13,16H,4-7,10-12,14H2,1-3H3,(H,21,22)(H,23,24,26);1H. The zero-order valence-electron chi connectivity index (χ0n) is 17.4. The van der Waals surface area contributed by atoms with E-state index in [9.17, 15) is 9.59 Å². The Bertz CT molecular complexity index is 681. The molecule has 0 aromatic carbocycles. The van der Waals surface area contributed by atoms with E-state index >= 15 is 0 Å².